The molecule has 0 bridgehead atoms. The number of aromatic nitrogens is 3. The Morgan fingerprint density at radius 1 is 1.20 bits per heavy atom. The number of carbonyl (C=O) groups is 1. The molecule has 2 aromatic heterocycles. The molecule has 1 aliphatic rings. The predicted octanol–water partition coefficient (Wildman–Crippen LogP) is 5.25. The van der Waals surface area contributed by atoms with Crippen LogP contribution in [0.2, 0.25) is 0 Å². The Kier molecular flexibility index (Phi) is 4.63. The average Bonchev–Trinajstić information content (AvgIpc) is 3.17. The van der Waals surface area contributed by atoms with E-state index in [9.17, 15) is 9.18 Å². The fraction of sp³-hybridized carbons (Fsp3) is 0.182. The molecule has 1 amide bonds. The smallest absolute Gasteiger partial charge is 0.267 e. The topological polar surface area (TPSA) is 80.9 Å². The first kappa shape index (κ1) is 18.6. The van der Waals surface area contributed by atoms with E-state index in [1.165, 1.54) is 11.3 Å². The molecule has 6 nitrogen and oxygen atoms in total. The SMILES string of the molecule is Cc1ccc(-c2noc([C@H]3C[C@@H]3F)n2)cc1NC(=O)c1cnc(-c2ccccc2)s1. The summed E-state index contributed by atoms with van der Waals surface area (Å²) in [4.78, 5) is 21.9. The molecule has 1 aliphatic carbocycles. The van der Waals surface area contributed by atoms with Gasteiger partial charge in [0.15, 0.2) is 0 Å². The number of aryl methyl sites for hydroxylation is 1. The van der Waals surface area contributed by atoms with Gasteiger partial charge in [-0.25, -0.2) is 9.37 Å². The number of amides is 1. The number of nitrogens with one attached hydrogen (secondary N) is 1. The van der Waals surface area contributed by atoms with Crippen molar-refractivity contribution in [2.45, 2.75) is 25.4 Å². The number of hydrogen-bond acceptors (Lipinski definition) is 6. The lowest BCUT2D eigenvalue weighted by Crippen LogP contribution is -2.11. The number of halogens is 1. The number of rotatable bonds is 5. The van der Waals surface area contributed by atoms with Crippen molar-refractivity contribution < 1.29 is 13.7 Å². The van der Waals surface area contributed by atoms with Gasteiger partial charge < -0.3 is 9.84 Å². The van der Waals surface area contributed by atoms with Gasteiger partial charge in [-0.15, -0.1) is 11.3 Å². The molecule has 1 saturated carbocycles. The maximum atomic E-state index is 13.2. The van der Waals surface area contributed by atoms with Crippen LogP contribution < -0.4 is 5.32 Å². The van der Waals surface area contributed by atoms with Gasteiger partial charge in [-0.05, 0) is 25.0 Å². The summed E-state index contributed by atoms with van der Waals surface area (Å²) in [6.07, 6.45) is 1.11. The zero-order valence-electron chi connectivity index (χ0n) is 16.0. The Bertz CT molecular complexity index is 1220. The van der Waals surface area contributed by atoms with E-state index in [1.54, 1.807) is 12.3 Å². The van der Waals surface area contributed by atoms with Gasteiger partial charge in [-0.1, -0.05) is 47.6 Å². The first-order chi connectivity index (χ1) is 14.6. The molecule has 8 heteroatoms. The summed E-state index contributed by atoms with van der Waals surface area (Å²) in [5.74, 6) is 0.175. The van der Waals surface area contributed by atoms with Gasteiger partial charge >= 0.3 is 0 Å². The number of carbonyl (C=O) groups excluding carboxylic acids is 1. The summed E-state index contributed by atoms with van der Waals surface area (Å²) < 4.78 is 18.4. The number of nitrogens with zero attached hydrogens (tertiary/aromatic N) is 3. The van der Waals surface area contributed by atoms with Gasteiger partial charge in [0.2, 0.25) is 11.7 Å². The van der Waals surface area contributed by atoms with Gasteiger partial charge in [-0.2, -0.15) is 4.98 Å². The summed E-state index contributed by atoms with van der Waals surface area (Å²) in [6, 6.07) is 15.2. The van der Waals surface area contributed by atoms with Crippen LogP contribution in [0.25, 0.3) is 22.0 Å². The normalized spacial score (nSPS) is 17.7. The molecular formula is C22H17FN4O2S. The fourth-order valence-electron chi connectivity index (χ4n) is 3.10. The highest BCUT2D eigenvalue weighted by atomic mass is 32.1. The number of alkyl halides is 1. The largest absolute Gasteiger partial charge is 0.339 e. The minimum atomic E-state index is -0.897. The van der Waals surface area contributed by atoms with Gasteiger partial charge in [0.05, 0.1) is 12.1 Å². The van der Waals surface area contributed by atoms with Crippen molar-refractivity contribution in [3.05, 3.63) is 71.1 Å². The van der Waals surface area contributed by atoms with Crippen molar-refractivity contribution in [2.75, 3.05) is 5.32 Å². The molecule has 0 saturated heterocycles. The van der Waals surface area contributed by atoms with Crippen LogP contribution in [0.15, 0.2) is 59.3 Å². The third-order valence-corrected chi connectivity index (χ3v) is 6.01. The lowest BCUT2D eigenvalue weighted by Gasteiger charge is -2.08. The van der Waals surface area contributed by atoms with Crippen molar-refractivity contribution in [2.24, 2.45) is 0 Å². The molecule has 0 unspecified atom stereocenters. The van der Waals surface area contributed by atoms with E-state index < -0.39 is 6.17 Å². The Balaban J connectivity index is 1.36. The Labute approximate surface area is 175 Å². The quantitative estimate of drug-likeness (QED) is 0.477. The molecule has 5 rings (SSSR count). The zero-order chi connectivity index (χ0) is 20.7. The zero-order valence-corrected chi connectivity index (χ0v) is 16.8. The molecule has 1 fully saturated rings. The first-order valence-electron chi connectivity index (χ1n) is 9.50. The second kappa shape index (κ2) is 7.46. The molecule has 4 aromatic rings. The summed E-state index contributed by atoms with van der Waals surface area (Å²) in [6.45, 7) is 1.90. The highest BCUT2D eigenvalue weighted by molar-refractivity contribution is 7.17. The van der Waals surface area contributed by atoms with Crippen molar-refractivity contribution in [1.29, 1.82) is 0 Å². The highest BCUT2D eigenvalue weighted by Crippen LogP contribution is 2.43. The number of thiazole rings is 1. The van der Waals surface area contributed by atoms with Crippen LogP contribution >= 0.6 is 11.3 Å². The second-order valence-electron chi connectivity index (χ2n) is 7.19. The standard InChI is InChI=1S/C22H17FN4O2S/c1-12-7-8-14(19-26-21(29-27-19)15-10-16(15)23)9-17(12)25-20(28)18-11-24-22(30-18)13-5-3-2-4-6-13/h2-9,11,15-16H,10H2,1H3,(H,25,28)/t15-,16-/m0/s1. The average molecular weight is 420 g/mol. The predicted molar refractivity (Wildman–Crippen MR) is 112 cm³/mol. The van der Waals surface area contributed by atoms with E-state index in [4.69, 9.17) is 4.52 Å². The van der Waals surface area contributed by atoms with E-state index in [-0.39, 0.29) is 11.8 Å². The van der Waals surface area contributed by atoms with E-state index in [2.05, 4.69) is 20.4 Å². The van der Waals surface area contributed by atoms with E-state index >= 15 is 0 Å². The Morgan fingerprint density at radius 3 is 2.77 bits per heavy atom. The van der Waals surface area contributed by atoms with Gasteiger partial charge in [0, 0.05) is 16.8 Å². The fourth-order valence-corrected chi connectivity index (χ4v) is 3.91. The van der Waals surface area contributed by atoms with Gasteiger partial charge in [0.1, 0.15) is 16.1 Å². The summed E-state index contributed by atoms with van der Waals surface area (Å²) in [7, 11) is 0. The molecule has 0 aliphatic heterocycles. The minimum absolute atomic E-state index is 0.234. The van der Waals surface area contributed by atoms with Crippen LogP contribution in [0, 0.1) is 6.92 Å². The van der Waals surface area contributed by atoms with Crippen molar-refractivity contribution in [1.82, 2.24) is 15.1 Å². The molecule has 2 heterocycles. The van der Waals surface area contributed by atoms with Crippen LogP contribution in [0.1, 0.15) is 33.5 Å². The molecule has 2 aromatic carbocycles. The first-order valence-corrected chi connectivity index (χ1v) is 10.3. The molecule has 150 valence electrons. The lowest BCUT2D eigenvalue weighted by molar-refractivity contribution is 0.103. The molecule has 1 N–H and O–H groups in total. The minimum Gasteiger partial charge on any atom is -0.339 e. The molecule has 0 spiro atoms. The number of hydrogen-bond donors (Lipinski definition) is 1. The third-order valence-electron chi connectivity index (χ3n) is 4.97. The summed E-state index contributed by atoms with van der Waals surface area (Å²) in [5.41, 5.74) is 3.21. The van der Waals surface area contributed by atoms with E-state index in [0.29, 0.717) is 34.3 Å². The lowest BCUT2D eigenvalue weighted by atomic mass is 10.1. The number of anilines is 1. The third kappa shape index (κ3) is 3.61. The monoisotopic (exact) mass is 420 g/mol. The second-order valence-corrected chi connectivity index (χ2v) is 8.22. The number of benzene rings is 2. The van der Waals surface area contributed by atoms with Crippen LogP contribution in [-0.4, -0.2) is 27.2 Å². The van der Waals surface area contributed by atoms with E-state index in [0.717, 1.165) is 16.1 Å². The Hall–Kier alpha value is -3.39. The van der Waals surface area contributed by atoms with Crippen molar-refractivity contribution >= 4 is 22.9 Å². The van der Waals surface area contributed by atoms with Crippen molar-refractivity contribution in [3.8, 4) is 22.0 Å². The molecule has 0 radical (unpaired) electrons. The van der Waals surface area contributed by atoms with Crippen LogP contribution in [0.3, 0.4) is 0 Å². The van der Waals surface area contributed by atoms with E-state index in [1.807, 2.05) is 49.4 Å². The maximum Gasteiger partial charge on any atom is 0.267 e. The molecular weight excluding hydrogens is 403 g/mol. The van der Waals surface area contributed by atoms with Crippen LogP contribution in [-0.2, 0) is 0 Å². The molecule has 30 heavy (non-hydrogen) atoms. The van der Waals surface area contributed by atoms with Crippen molar-refractivity contribution in [3.63, 3.8) is 0 Å². The molecule has 2 atom stereocenters. The summed E-state index contributed by atoms with van der Waals surface area (Å²) >= 11 is 1.34. The van der Waals surface area contributed by atoms with Gasteiger partial charge in [0.25, 0.3) is 5.91 Å². The Morgan fingerprint density at radius 2 is 2.00 bits per heavy atom. The highest BCUT2D eigenvalue weighted by Gasteiger charge is 2.43. The van der Waals surface area contributed by atoms with Gasteiger partial charge in [-0.3, -0.25) is 4.79 Å². The summed E-state index contributed by atoms with van der Waals surface area (Å²) in [5, 5.41) is 7.68. The maximum absolute atomic E-state index is 13.2. The van der Waals surface area contributed by atoms with Crippen LogP contribution in [0.5, 0.6) is 0 Å². The van der Waals surface area contributed by atoms with Crippen LogP contribution in [0.4, 0.5) is 10.1 Å².